The Balaban J connectivity index is 1.82. The van der Waals surface area contributed by atoms with Gasteiger partial charge in [0.2, 0.25) is 0 Å². The topological polar surface area (TPSA) is 66.5 Å². The van der Waals surface area contributed by atoms with E-state index in [0.717, 1.165) is 9.87 Å². The fourth-order valence-corrected chi connectivity index (χ4v) is 5.50. The lowest BCUT2D eigenvalue weighted by atomic mass is 9.95. The molecule has 1 atom stereocenters. The Hall–Kier alpha value is -3.09. The van der Waals surface area contributed by atoms with E-state index in [1.165, 1.54) is 7.05 Å². The monoisotopic (exact) mass is 466 g/mol. The predicted molar refractivity (Wildman–Crippen MR) is 129 cm³/mol. The summed E-state index contributed by atoms with van der Waals surface area (Å²) in [7, 11) is -2.63. The molecule has 1 amide bonds. The minimum atomic E-state index is -4.08. The minimum Gasteiger partial charge on any atom is -0.351 e. The molecule has 7 heteroatoms. The van der Waals surface area contributed by atoms with Gasteiger partial charge in [-0.1, -0.05) is 79.2 Å². The molecular weight excluding hydrogens is 444 g/mol. The van der Waals surface area contributed by atoms with Crippen LogP contribution in [0, 0.1) is 0 Å². The van der Waals surface area contributed by atoms with Crippen molar-refractivity contribution in [1.82, 2.24) is 5.32 Å². The summed E-state index contributed by atoms with van der Waals surface area (Å²) in [6.45, 7) is 2.29. The largest absolute Gasteiger partial charge is 0.351 e. The summed E-state index contributed by atoms with van der Waals surface area (Å²) in [5.74, 6) is -0.615. The predicted octanol–water partition coefficient (Wildman–Crippen LogP) is 4.80. The van der Waals surface area contributed by atoms with Crippen LogP contribution in [-0.4, -0.2) is 27.9 Å². The van der Waals surface area contributed by atoms with Crippen molar-refractivity contribution in [3.05, 3.63) is 105 Å². The van der Waals surface area contributed by atoms with Gasteiger partial charge in [-0.3, -0.25) is 9.10 Å². The summed E-state index contributed by atoms with van der Waals surface area (Å²) in [4.78, 5) is 13.1. The maximum Gasteiger partial charge on any atom is 0.270 e. The average Bonchev–Trinajstić information content (AvgIpc) is 2.80. The molecule has 3 aromatic carbocycles. The van der Waals surface area contributed by atoms with Crippen molar-refractivity contribution < 1.29 is 13.2 Å². The Morgan fingerprint density at radius 2 is 1.62 bits per heavy atom. The highest BCUT2D eigenvalue weighted by Gasteiger charge is 2.39. The molecule has 0 spiro atoms. The lowest BCUT2D eigenvalue weighted by Gasteiger charge is -2.31. The number of carbonyl (C=O) groups excluding carboxylic acids is 1. The molecule has 0 saturated heterocycles. The molecule has 1 aliphatic heterocycles. The Labute approximate surface area is 193 Å². The average molecular weight is 467 g/mol. The zero-order valence-electron chi connectivity index (χ0n) is 17.7. The number of rotatable bonds is 5. The first kappa shape index (κ1) is 22.1. The van der Waals surface area contributed by atoms with Gasteiger partial charge in [0.1, 0.15) is 0 Å². The molecule has 164 valence electrons. The second-order valence-corrected chi connectivity index (χ2v) is 10.1. The molecule has 5 nitrogen and oxygen atoms in total. The van der Waals surface area contributed by atoms with Gasteiger partial charge in [0.25, 0.3) is 15.9 Å². The van der Waals surface area contributed by atoms with Gasteiger partial charge in [-0.15, -0.1) is 0 Å². The molecule has 3 aromatic rings. The molecule has 1 N–H and O–H groups in total. The van der Waals surface area contributed by atoms with E-state index in [2.05, 4.69) is 5.32 Å². The first-order valence-electron chi connectivity index (χ1n) is 10.2. The molecule has 1 heterocycles. The number of nitrogens with one attached hydrogen (secondary N) is 1. The Morgan fingerprint density at radius 3 is 2.28 bits per heavy atom. The minimum absolute atomic E-state index is 0.0201. The van der Waals surface area contributed by atoms with E-state index >= 15 is 0 Å². The fraction of sp³-hybridized carbons (Fsp3) is 0.160. The van der Waals surface area contributed by atoms with Crippen LogP contribution >= 0.6 is 11.6 Å². The number of hydrogen-bond donors (Lipinski definition) is 1. The maximum atomic E-state index is 13.5. The Kier molecular flexibility index (Phi) is 6.09. The zero-order chi connectivity index (χ0) is 22.9. The molecule has 32 heavy (non-hydrogen) atoms. The van der Waals surface area contributed by atoms with Crippen molar-refractivity contribution in [1.29, 1.82) is 0 Å². The van der Waals surface area contributed by atoms with Gasteiger partial charge < -0.3 is 5.32 Å². The number of carbonyl (C=O) groups is 1. The van der Waals surface area contributed by atoms with Crippen molar-refractivity contribution in [3.8, 4) is 0 Å². The van der Waals surface area contributed by atoms with E-state index in [1.807, 2.05) is 55.5 Å². The maximum absolute atomic E-state index is 13.5. The first-order chi connectivity index (χ1) is 15.3. The van der Waals surface area contributed by atoms with Crippen molar-refractivity contribution in [3.63, 3.8) is 0 Å². The molecule has 0 aromatic heterocycles. The van der Waals surface area contributed by atoms with Crippen LogP contribution < -0.4 is 9.62 Å². The van der Waals surface area contributed by atoms with Crippen molar-refractivity contribution in [2.45, 2.75) is 12.8 Å². The highest BCUT2D eigenvalue weighted by Crippen LogP contribution is 2.43. The van der Waals surface area contributed by atoms with Crippen LogP contribution in [0.1, 0.15) is 29.5 Å². The van der Waals surface area contributed by atoms with Gasteiger partial charge in [-0.05, 0) is 35.2 Å². The second-order valence-electron chi connectivity index (χ2n) is 7.73. The second kappa shape index (κ2) is 8.81. The third-order valence-electron chi connectivity index (χ3n) is 5.62. The van der Waals surface area contributed by atoms with Gasteiger partial charge in [-0.25, -0.2) is 8.42 Å². The van der Waals surface area contributed by atoms with Gasteiger partial charge >= 0.3 is 0 Å². The van der Waals surface area contributed by atoms with Crippen LogP contribution in [-0.2, 0) is 14.8 Å². The fourth-order valence-electron chi connectivity index (χ4n) is 3.85. The smallest absolute Gasteiger partial charge is 0.270 e. The number of benzene rings is 3. The lowest BCUT2D eigenvalue weighted by molar-refractivity contribution is -0.116. The van der Waals surface area contributed by atoms with E-state index < -0.39 is 15.9 Å². The molecular formula is C25H23ClN2O3S. The SMILES string of the molecule is C[C@@H](CNC(=O)C1=C(c2ccccc2)c2cc(Cl)ccc2N(C)S1(=O)=O)c1ccccc1. The summed E-state index contributed by atoms with van der Waals surface area (Å²) < 4.78 is 28.1. The number of hydrogen-bond acceptors (Lipinski definition) is 3. The van der Waals surface area contributed by atoms with E-state index in [0.29, 0.717) is 34.0 Å². The summed E-state index contributed by atoms with van der Waals surface area (Å²) >= 11 is 6.25. The zero-order valence-corrected chi connectivity index (χ0v) is 19.3. The molecule has 0 saturated carbocycles. The van der Waals surface area contributed by atoms with Crippen LogP contribution in [0.3, 0.4) is 0 Å². The summed E-state index contributed by atoms with van der Waals surface area (Å²) in [5, 5.41) is 3.30. The normalized spacial score (nSPS) is 15.8. The van der Waals surface area contributed by atoms with E-state index in [-0.39, 0.29) is 10.8 Å². The lowest BCUT2D eigenvalue weighted by Crippen LogP contribution is -2.40. The summed E-state index contributed by atoms with van der Waals surface area (Å²) in [5.41, 5.74) is 3.12. The van der Waals surface area contributed by atoms with E-state index in [9.17, 15) is 13.2 Å². The van der Waals surface area contributed by atoms with Crippen molar-refractivity contribution in [2.24, 2.45) is 0 Å². The van der Waals surface area contributed by atoms with Gasteiger partial charge in [-0.2, -0.15) is 0 Å². The number of nitrogens with zero attached hydrogens (tertiary/aromatic N) is 1. The van der Waals surface area contributed by atoms with Crippen molar-refractivity contribution in [2.75, 3.05) is 17.9 Å². The molecule has 0 radical (unpaired) electrons. The molecule has 0 unspecified atom stereocenters. The van der Waals surface area contributed by atoms with E-state index in [1.54, 1.807) is 30.3 Å². The molecule has 4 rings (SSSR count). The van der Waals surface area contributed by atoms with Crippen LogP contribution in [0.5, 0.6) is 0 Å². The van der Waals surface area contributed by atoms with Gasteiger partial charge in [0.15, 0.2) is 4.91 Å². The van der Waals surface area contributed by atoms with Gasteiger partial charge in [0.05, 0.1) is 5.69 Å². The van der Waals surface area contributed by atoms with Crippen LogP contribution in [0.25, 0.3) is 5.57 Å². The number of fused-ring (bicyclic) bond motifs is 1. The first-order valence-corrected chi connectivity index (χ1v) is 12.0. The van der Waals surface area contributed by atoms with Gasteiger partial charge in [0, 0.05) is 29.8 Å². The summed E-state index contributed by atoms with van der Waals surface area (Å²) in [6.07, 6.45) is 0. The number of anilines is 1. The Bertz CT molecular complexity index is 1290. The summed E-state index contributed by atoms with van der Waals surface area (Å²) in [6, 6.07) is 23.8. The molecule has 0 bridgehead atoms. The number of amides is 1. The Morgan fingerprint density at radius 1 is 1.00 bits per heavy atom. The number of halogens is 1. The standard InChI is InChI=1S/C25H23ClN2O3S/c1-17(18-9-5-3-6-10-18)16-27-25(29)24-23(19-11-7-4-8-12-19)21-15-20(26)13-14-22(21)28(2)32(24,30)31/h3-15,17H,16H2,1-2H3,(H,27,29)/t17-/m0/s1. The highest BCUT2D eigenvalue weighted by atomic mass is 35.5. The third kappa shape index (κ3) is 4.04. The van der Waals surface area contributed by atoms with Crippen LogP contribution in [0.4, 0.5) is 5.69 Å². The third-order valence-corrected chi connectivity index (χ3v) is 7.68. The van der Waals surface area contributed by atoms with E-state index in [4.69, 9.17) is 11.6 Å². The van der Waals surface area contributed by atoms with Crippen LogP contribution in [0.2, 0.25) is 5.02 Å². The molecule has 1 aliphatic rings. The van der Waals surface area contributed by atoms with Crippen LogP contribution in [0.15, 0.2) is 83.8 Å². The highest BCUT2D eigenvalue weighted by molar-refractivity contribution is 7.97. The quantitative estimate of drug-likeness (QED) is 0.587. The molecule has 0 fully saturated rings. The number of sulfonamides is 1. The van der Waals surface area contributed by atoms with Crippen molar-refractivity contribution >= 4 is 38.8 Å². The molecule has 0 aliphatic carbocycles.